The van der Waals surface area contributed by atoms with Crippen LogP contribution in [0.4, 0.5) is 0 Å². The number of nitrogens with zero attached hydrogens (tertiary/aromatic N) is 2. The lowest BCUT2D eigenvalue weighted by Gasteiger charge is -2.48. The van der Waals surface area contributed by atoms with E-state index in [9.17, 15) is 0 Å². The van der Waals surface area contributed by atoms with Crippen LogP contribution in [0.5, 0.6) is 0 Å². The van der Waals surface area contributed by atoms with Crippen molar-refractivity contribution < 1.29 is 9.15 Å². The van der Waals surface area contributed by atoms with Crippen molar-refractivity contribution >= 4 is 0 Å². The fraction of sp³-hybridized carbons (Fsp3) is 0.778. The Morgan fingerprint density at radius 3 is 2.77 bits per heavy atom. The molecule has 3 heterocycles. The second kappa shape index (κ2) is 7.62. The Balaban J connectivity index is 1.54. The molecule has 1 aromatic rings. The molecule has 124 valence electrons. The van der Waals surface area contributed by atoms with E-state index in [2.05, 4.69) is 35.8 Å². The van der Waals surface area contributed by atoms with Gasteiger partial charge in [-0.15, -0.1) is 0 Å². The van der Waals surface area contributed by atoms with Crippen LogP contribution in [0.2, 0.25) is 0 Å². The summed E-state index contributed by atoms with van der Waals surface area (Å²) in [5.74, 6) is 2.24. The predicted molar refractivity (Wildman–Crippen MR) is 88.0 cm³/mol. The molecule has 0 radical (unpaired) electrons. The molecule has 2 atom stereocenters. The zero-order valence-electron chi connectivity index (χ0n) is 14.1. The summed E-state index contributed by atoms with van der Waals surface area (Å²) in [6.07, 6.45) is 4.69. The third-order valence-corrected chi connectivity index (χ3v) is 4.92. The summed E-state index contributed by atoms with van der Waals surface area (Å²) in [7, 11) is 0. The van der Waals surface area contributed by atoms with Gasteiger partial charge in [0.2, 0.25) is 0 Å². The highest BCUT2D eigenvalue weighted by Crippen LogP contribution is 2.23. The number of furan rings is 1. The fourth-order valence-electron chi connectivity index (χ4n) is 3.83. The van der Waals surface area contributed by atoms with E-state index in [0.717, 1.165) is 57.2 Å². The number of rotatable bonds is 6. The minimum absolute atomic E-state index is 0.559. The molecular formula is C18H30N2O2. The molecule has 1 aromatic heterocycles. The van der Waals surface area contributed by atoms with Crippen LogP contribution in [-0.2, 0) is 17.7 Å². The second-order valence-corrected chi connectivity index (χ2v) is 6.72. The largest absolute Gasteiger partial charge is 0.465 e. The molecule has 0 unspecified atom stereocenters. The Hall–Kier alpha value is -0.840. The van der Waals surface area contributed by atoms with Crippen molar-refractivity contribution in [1.29, 1.82) is 0 Å². The van der Waals surface area contributed by atoms with E-state index in [1.165, 1.54) is 19.4 Å². The van der Waals surface area contributed by atoms with Crippen molar-refractivity contribution in [2.24, 2.45) is 0 Å². The number of piperazine rings is 1. The van der Waals surface area contributed by atoms with Gasteiger partial charge in [-0.05, 0) is 25.0 Å². The van der Waals surface area contributed by atoms with E-state index in [1.54, 1.807) is 0 Å². The highest BCUT2D eigenvalue weighted by molar-refractivity contribution is 5.07. The van der Waals surface area contributed by atoms with Gasteiger partial charge in [-0.2, -0.15) is 0 Å². The molecule has 0 amide bonds. The third-order valence-electron chi connectivity index (χ3n) is 4.92. The van der Waals surface area contributed by atoms with Crippen LogP contribution in [0.25, 0.3) is 0 Å². The average Bonchev–Trinajstić information content (AvgIpc) is 2.95. The monoisotopic (exact) mass is 306 g/mol. The maximum absolute atomic E-state index is 5.94. The normalized spacial score (nSPS) is 27.0. The van der Waals surface area contributed by atoms with E-state index in [0.29, 0.717) is 12.1 Å². The zero-order chi connectivity index (χ0) is 15.4. The van der Waals surface area contributed by atoms with Crippen LogP contribution in [-0.4, -0.2) is 54.7 Å². The van der Waals surface area contributed by atoms with E-state index in [4.69, 9.17) is 9.15 Å². The van der Waals surface area contributed by atoms with Crippen molar-refractivity contribution in [3.05, 3.63) is 23.7 Å². The van der Waals surface area contributed by atoms with Gasteiger partial charge >= 0.3 is 0 Å². The maximum Gasteiger partial charge on any atom is 0.118 e. The van der Waals surface area contributed by atoms with Crippen molar-refractivity contribution in [3.8, 4) is 0 Å². The molecule has 4 heteroatoms. The molecule has 2 aliphatic heterocycles. The third kappa shape index (κ3) is 3.73. The molecule has 2 fully saturated rings. The molecule has 0 saturated carbocycles. The summed E-state index contributed by atoms with van der Waals surface area (Å²) < 4.78 is 11.8. The molecule has 0 bridgehead atoms. The zero-order valence-corrected chi connectivity index (χ0v) is 14.1. The number of hydrogen-bond donors (Lipinski definition) is 0. The second-order valence-electron chi connectivity index (χ2n) is 6.72. The van der Waals surface area contributed by atoms with E-state index >= 15 is 0 Å². The first kappa shape index (κ1) is 16.0. The van der Waals surface area contributed by atoms with Crippen molar-refractivity contribution in [2.45, 2.75) is 58.2 Å². The minimum atomic E-state index is 0.559. The summed E-state index contributed by atoms with van der Waals surface area (Å²) in [5, 5.41) is 0. The highest BCUT2D eigenvalue weighted by Gasteiger charge is 2.35. The van der Waals surface area contributed by atoms with Gasteiger partial charge in [0, 0.05) is 38.1 Å². The molecule has 3 rings (SSSR count). The molecule has 0 aliphatic carbocycles. The summed E-state index contributed by atoms with van der Waals surface area (Å²) >= 11 is 0. The summed E-state index contributed by atoms with van der Waals surface area (Å²) in [6.45, 7) is 10.6. The van der Waals surface area contributed by atoms with E-state index < -0.39 is 0 Å². The lowest BCUT2D eigenvalue weighted by Crippen LogP contribution is -2.61. The smallest absolute Gasteiger partial charge is 0.118 e. The molecule has 0 spiro atoms. The SMILES string of the molecule is CCCc1ccc(CN2CCN3[C@@H](CCC)COC[C@H]3C2)o1. The molecule has 22 heavy (non-hydrogen) atoms. The van der Waals surface area contributed by atoms with Gasteiger partial charge in [-0.3, -0.25) is 9.80 Å². The van der Waals surface area contributed by atoms with Gasteiger partial charge in [0.1, 0.15) is 11.5 Å². The fourth-order valence-corrected chi connectivity index (χ4v) is 3.83. The van der Waals surface area contributed by atoms with Crippen LogP contribution in [0, 0.1) is 0 Å². The Bertz CT molecular complexity index is 458. The molecule has 4 nitrogen and oxygen atoms in total. The molecule has 2 aliphatic rings. The number of aryl methyl sites for hydroxylation is 1. The van der Waals surface area contributed by atoms with Gasteiger partial charge in [0.25, 0.3) is 0 Å². The van der Waals surface area contributed by atoms with Crippen LogP contribution in [0.15, 0.2) is 16.5 Å². The lowest BCUT2D eigenvalue weighted by atomic mass is 10.0. The van der Waals surface area contributed by atoms with Gasteiger partial charge in [0.15, 0.2) is 0 Å². The lowest BCUT2D eigenvalue weighted by molar-refractivity contribution is -0.0847. The topological polar surface area (TPSA) is 28.9 Å². The van der Waals surface area contributed by atoms with Crippen LogP contribution in [0.3, 0.4) is 0 Å². The summed E-state index contributed by atoms with van der Waals surface area (Å²) in [6, 6.07) is 5.47. The first-order valence-corrected chi connectivity index (χ1v) is 8.93. The predicted octanol–water partition coefficient (Wildman–Crippen LogP) is 2.92. The number of fused-ring (bicyclic) bond motifs is 1. The Kier molecular flexibility index (Phi) is 5.55. The van der Waals surface area contributed by atoms with Gasteiger partial charge in [-0.1, -0.05) is 20.3 Å². The first-order chi connectivity index (χ1) is 10.8. The maximum atomic E-state index is 5.94. The minimum Gasteiger partial charge on any atom is -0.465 e. The standard InChI is InChI=1S/C18H30N2O2/c1-3-5-15-13-21-14-16-11-19(9-10-20(15)16)12-18-8-7-17(22-18)6-4-2/h7-8,15-16H,3-6,9-14H2,1-2H3/t15-,16+/m0/s1. The molecule has 2 saturated heterocycles. The molecular weight excluding hydrogens is 276 g/mol. The quantitative estimate of drug-likeness (QED) is 0.808. The summed E-state index contributed by atoms with van der Waals surface area (Å²) in [5.41, 5.74) is 0. The van der Waals surface area contributed by atoms with Crippen molar-refractivity contribution in [2.75, 3.05) is 32.8 Å². The number of morpholine rings is 1. The average molecular weight is 306 g/mol. The highest BCUT2D eigenvalue weighted by atomic mass is 16.5. The number of hydrogen-bond acceptors (Lipinski definition) is 4. The van der Waals surface area contributed by atoms with Crippen LogP contribution < -0.4 is 0 Å². The van der Waals surface area contributed by atoms with E-state index in [-0.39, 0.29) is 0 Å². The first-order valence-electron chi connectivity index (χ1n) is 8.93. The Morgan fingerprint density at radius 2 is 1.95 bits per heavy atom. The molecule has 0 N–H and O–H groups in total. The van der Waals surface area contributed by atoms with Gasteiger partial charge in [-0.25, -0.2) is 0 Å². The Labute approximate surface area is 134 Å². The summed E-state index contributed by atoms with van der Waals surface area (Å²) in [4.78, 5) is 5.21. The van der Waals surface area contributed by atoms with Gasteiger partial charge in [0.05, 0.1) is 19.8 Å². The van der Waals surface area contributed by atoms with Crippen molar-refractivity contribution in [3.63, 3.8) is 0 Å². The number of ether oxygens (including phenoxy) is 1. The Morgan fingerprint density at radius 1 is 1.09 bits per heavy atom. The van der Waals surface area contributed by atoms with Crippen LogP contribution >= 0.6 is 0 Å². The van der Waals surface area contributed by atoms with Crippen LogP contribution in [0.1, 0.15) is 44.6 Å². The van der Waals surface area contributed by atoms with Gasteiger partial charge < -0.3 is 9.15 Å². The van der Waals surface area contributed by atoms with E-state index in [1.807, 2.05) is 0 Å². The molecule has 0 aromatic carbocycles. The van der Waals surface area contributed by atoms with Crippen molar-refractivity contribution in [1.82, 2.24) is 9.80 Å².